The second kappa shape index (κ2) is 5.27. The number of halogens is 3. The van der Waals surface area contributed by atoms with Crippen molar-refractivity contribution in [2.24, 2.45) is 0 Å². The third kappa shape index (κ3) is 3.03. The molecule has 90 valence electrons. The van der Waals surface area contributed by atoms with Gasteiger partial charge in [0.2, 0.25) is 0 Å². The van der Waals surface area contributed by atoms with Crippen LogP contribution in [0.15, 0.2) is 35.1 Å². The van der Waals surface area contributed by atoms with Crippen molar-refractivity contribution in [2.45, 2.75) is 6.54 Å². The molecule has 1 aromatic carbocycles. The van der Waals surface area contributed by atoms with Gasteiger partial charge in [-0.15, -0.1) is 0 Å². The van der Waals surface area contributed by atoms with Gasteiger partial charge in [-0.25, -0.2) is 8.78 Å². The molecule has 0 saturated heterocycles. The van der Waals surface area contributed by atoms with E-state index in [9.17, 15) is 8.78 Å². The third-order valence-corrected chi connectivity index (χ3v) is 2.83. The summed E-state index contributed by atoms with van der Waals surface area (Å²) >= 11 is 2.92. The predicted octanol–water partition coefficient (Wildman–Crippen LogP) is 3.04. The molecule has 3 nitrogen and oxygen atoms in total. The highest BCUT2D eigenvalue weighted by molar-refractivity contribution is 9.10. The van der Waals surface area contributed by atoms with Crippen LogP contribution in [-0.4, -0.2) is 16.3 Å². The van der Waals surface area contributed by atoms with Crippen molar-refractivity contribution in [3.63, 3.8) is 0 Å². The summed E-state index contributed by atoms with van der Waals surface area (Å²) in [6.45, 7) is 1.06. The summed E-state index contributed by atoms with van der Waals surface area (Å²) in [5, 5.41) is 6.83. The first-order valence-electron chi connectivity index (χ1n) is 5.02. The predicted molar refractivity (Wildman–Crippen MR) is 64.8 cm³/mol. The molecule has 2 aromatic rings. The molecule has 1 N–H and O–H groups in total. The van der Waals surface area contributed by atoms with Crippen LogP contribution in [0.5, 0.6) is 0 Å². The maximum atomic E-state index is 13.4. The van der Waals surface area contributed by atoms with Gasteiger partial charge in [-0.1, -0.05) is 0 Å². The standard InChI is InChI=1S/C11H10BrF2N3/c12-8-6-10(14)11(7-9(8)13)15-3-5-17-4-1-2-16-17/h1-2,4,6-7,15H,3,5H2. The number of nitrogens with one attached hydrogen (secondary N) is 1. The van der Waals surface area contributed by atoms with E-state index in [4.69, 9.17) is 0 Å². The van der Waals surface area contributed by atoms with Crippen LogP contribution in [0, 0.1) is 11.6 Å². The summed E-state index contributed by atoms with van der Waals surface area (Å²) < 4.78 is 28.4. The van der Waals surface area contributed by atoms with Gasteiger partial charge in [0, 0.05) is 25.0 Å². The maximum absolute atomic E-state index is 13.4. The molecule has 0 radical (unpaired) electrons. The summed E-state index contributed by atoms with van der Waals surface area (Å²) in [6.07, 6.45) is 3.47. The minimum Gasteiger partial charge on any atom is -0.381 e. The number of benzene rings is 1. The molecule has 0 aliphatic rings. The van der Waals surface area contributed by atoms with E-state index in [-0.39, 0.29) is 10.2 Å². The minimum atomic E-state index is -0.493. The number of nitrogens with zero attached hydrogens (tertiary/aromatic N) is 2. The number of hydrogen-bond acceptors (Lipinski definition) is 2. The quantitative estimate of drug-likeness (QED) is 0.880. The fourth-order valence-corrected chi connectivity index (χ4v) is 1.71. The van der Waals surface area contributed by atoms with E-state index in [0.29, 0.717) is 13.1 Å². The molecule has 0 fully saturated rings. The van der Waals surface area contributed by atoms with Gasteiger partial charge in [0.1, 0.15) is 11.6 Å². The zero-order chi connectivity index (χ0) is 12.3. The largest absolute Gasteiger partial charge is 0.381 e. The lowest BCUT2D eigenvalue weighted by Gasteiger charge is -2.08. The molecule has 0 aliphatic heterocycles. The van der Waals surface area contributed by atoms with Gasteiger partial charge in [-0.3, -0.25) is 4.68 Å². The minimum absolute atomic E-state index is 0.118. The van der Waals surface area contributed by atoms with Crippen molar-refractivity contribution in [1.29, 1.82) is 0 Å². The Kier molecular flexibility index (Phi) is 3.73. The molecule has 0 bridgehead atoms. The number of hydrogen-bond donors (Lipinski definition) is 1. The van der Waals surface area contributed by atoms with Gasteiger partial charge >= 0.3 is 0 Å². The molecule has 1 heterocycles. The smallest absolute Gasteiger partial charge is 0.147 e. The second-order valence-corrected chi connectivity index (χ2v) is 4.30. The van der Waals surface area contributed by atoms with E-state index in [0.717, 1.165) is 12.1 Å². The first-order chi connectivity index (χ1) is 8.16. The van der Waals surface area contributed by atoms with Gasteiger partial charge in [0.05, 0.1) is 16.7 Å². The number of aromatic nitrogens is 2. The Morgan fingerprint density at radius 3 is 2.82 bits per heavy atom. The van der Waals surface area contributed by atoms with Crippen molar-refractivity contribution in [1.82, 2.24) is 9.78 Å². The van der Waals surface area contributed by atoms with Gasteiger partial charge in [-0.05, 0) is 28.1 Å². The molecule has 0 unspecified atom stereocenters. The Balaban J connectivity index is 1.97. The van der Waals surface area contributed by atoms with Crippen molar-refractivity contribution < 1.29 is 8.78 Å². The lowest BCUT2D eigenvalue weighted by Crippen LogP contribution is -2.11. The van der Waals surface area contributed by atoms with Crippen LogP contribution >= 0.6 is 15.9 Å². The van der Waals surface area contributed by atoms with Gasteiger partial charge < -0.3 is 5.32 Å². The lowest BCUT2D eigenvalue weighted by atomic mass is 10.3. The fraction of sp³-hybridized carbons (Fsp3) is 0.182. The molecule has 6 heteroatoms. The highest BCUT2D eigenvalue weighted by atomic mass is 79.9. The van der Waals surface area contributed by atoms with Crippen LogP contribution in [0.1, 0.15) is 0 Å². The summed E-state index contributed by atoms with van der Waals surface area (Å²) in [5.74, 6) is -0.980. The molecule has 0 spiro atoms. The van der Waals surface area contributed by atoms with E-state index in [1.54, 1.807) is 23.1 Å². The topological polar surface area (TPSA) is 29.9 Å². The lowest BCUT2D eigenvalue weighted by molar-refractivity contribution is 0.592. The first kappa shape index (κ1) is 12.0. The molecule has 2 rings (SSSR count). The summed E-state index contributed by atoms with van der Waals surface area (Å²) in [4.78, 5) is 0. The third-order valence-electron chi connectivity index (χ3n) is 2.23. The van der Waals surface area contributed by atoms with E-state index >= 15 is 0 Å². The fourth-order valence-electron chi connectivity index (χ4n) is 1.40. The SMILES string of the molecule is Fc1cc(NCCn2cccn2)c(F)cc1Br. The van der Waals surface area contributed by atoms with Crippen molar-refractivity contribution >= 4 is 21.6 Å². The van der Waals surface area contributed by atoms with Crippen molar-refractivity contribution in [3.8, 4) is 0 Å². The van der Waals surface area contributed by atoms with Gasteiger partial charge in [-0.2, -0.15) is 5.10 Å². The maximum Gasteiger partial charge on any atom is 0.147 e. The second-order valence-electron chi connectivity index (χ2n) is 3.44. The molecule has 0 amide bonds. The molecular formula is C11H10BrF2N3. The Hall–Kier alpha value is -1.43. The summed E-state index contributed by atoms with van der Waals surface area (Å²) in [6, 6.07) is 4.04. The van der Waals surface area contributed by atoms with Crippen LogP contribution < -0.4 is 5.32 Å². The molecular weight excluding hydrogens is 292 g/mol. The van der Waals surface area contributed by atoms with Crippen molar-refractivity contribution in [3.05, 3.63) is 46.7 Å². The van der Waals surface area contributed by atoms with Crippen molar-refractivity contribution in [2.75, 3.05) is 11.9 Å². The van der Waals surface area contributed by atoms with E-state index in [1.165, 1.54) is 0 Å². The van der Waals surface area contributed by atoms with Gasteiger partial charge in [0.25, 0.3) is 0 Å². The Labute approximate surface area is 106 Å². The van der Waals surface area contributed by atoms with Crippen LogP contribution in [-0.2, 0) is 6.54 Å². The molecule has 0 aliphatic carbocycles. The Morgan fingerprint density at radius 2 is 2.12 bits per heavy atom. The number of anilines is 1. The van der Waals surface area contributed by atoms with Crippen LogP contribution in [0.3, 0.4) is 0 Å². The Bertz CT molecular complexity index is 500. The van der Waals surface area contributed by atoms with Crippen LogP contribution in [0.25, 0.3) is 0 Å². The average Bonchev–Trinajstić information content (AvgIpc) is 2.78. The molecule has 0 atom stereocenters. The monoisotopic (exact) mass is 301 g/mol. The normalized spacial score (nSPS) is 10.5. The van der Waals surface area contributed by atoms with Crippen LogP contribution in [0.4, 0.5) is 14.5 Å². The highest BCUT2D eigenvalue weighted by Gasteiger charge is 2.07. The summed E-state index contributed by atoms with van der Waals surface area (Å²) in [7, 11) is 0. The zero-order valence-corrected chi connectivity index (χ0v) is 10.4. The first-order valence-corrected chi connectivity index (χ1v) is 5.82. The Morgan fingerprint density at radius 1 is 1.29 bits per heavy atom. The molecule has 1 aromatic heterocycles. The highest BCUT2D eigenvalue weighted by Crippen LogP contribution is 2.23. The van der Waals surface area contributed by atoms with Gasteiger partial charge in [0.15, 0.2) is 0 Å². The van der Waals surface area contributed by atoms with Crippen LogP contribution in [0.2, 0.25) is 0 Å². The number of rotatable bonds is 4. The zero-order valence-electron chi connectivity index (χ0n) is 8.83. The van der Waals surface area contributed by atoms with E-state index in [2.05, 4.69) is 26.3 Å². The summed E-state index contributed by atoms with van der Waals surface area (Å²) in [5.41, 5.74) is 0.151. The molecule has 0 saturated carbocycles. The van der Waals surface area contributed by atoms with E-state index in [1.807, 2.05) is 0 Å². The molecule has 17 heavy (non-hydrogen) atoms. The van der Waals surface area contributed by atoms with E-state index < -0.39 is 11.6 Å². The average molecular weight is 302 g/mol.